The van der Waals surface area contributed by atoms with Crippen molar-refractivity contribution in [2.45, 2.75) is 6.54 Å². The minimum atomic E-state index is -0.987. The van der Waals surface area contributed by atoms with E-state index in [2.05, 4.69) is 0 Å². The number of nitrogens with zero attached hydrogens (tertiary/aromatic N) is 1. The summed E-state index contributed by atoms with van der Waals surface area (Å²) in [4.78, 5) is 11.0. The molecule has 3 nitrogen and oxygen atoms in total. The smallest absolute Gasteiger partial charge is 0.337 e. The number of fused-ring (bicyclic) bond motifs is 1. The standard InChI is InChI=1S/C11H10FNO2/c12-5-7-13-6-4-8-2-1-3-9(10(8)13)11(14)15/h1-4,6H,5,7H2,(H,14,15). The fourth-order valence-corrected chi connectivity index (χ4v) is 1.71. The van der Waals surface area contributed by atoms with Gasteiger partial charge in [-0.25, -0.2) is 9.18 Å². The van der Waals surface area contributed by atoms with E-state index in [-0.39, 0.29) is 12.1 Å². The molecule has 0 amide bonds. The quantitative estimate of drug-likeness (QED) is 0.839. The number of halogens is 1. The number of rotatable bonds is 3. The average Bonchev–Trinajstić information content (AvgIpc) is 2.62. The molecule has 0 aliphatic heterocycles. The van der Waals surface area contributed by atoms with Crippen LogP contribution in [0.2, 0.25) is 0 Å². The summed E-state index contributed by atoms with van der Waals surface area (Å²) in [5, 5.41) is 9.81. The molecule has 0 saturated carbocycles. The molecule has 1 heterocycles. The van der Waals surface area contributed by atoms with Gasteiger partial charge in [0.2, 0.25) is 0 Å². The number of carboxylic acid groups (broad SMARTS) is 1. The summed E-state index contributed by atoms with van der Waals surface area (Å²) in [6.07, 6.45) is 1.71. The highest BCUT2D eigenvalue weighted by Gasteiger charge is 2.11. The van der Waals surface area contributed by atoms with Crippen LogP contribution in [0.4, 0.5) is 4.39 Å². The van der Waals surface area contributed by atoms with Crippen LogP contribution in [0.3, 0.4) is 0 Å². The second-order valence-corrected chi connectivity index (χ2v) is 3.25. The Hall–Kier alpha value is -1.84. The van der Waals surface area contributed by atoms with Gasteiger partial charge in [0, 0.05) is 11.6 Å². The summed E-state index contributed by atoms with van der Waals surface area (Å²) in [6, 6.07) is 6.82. The maximum atomic E-state index is 12.2. The molecule has 1 aromatic heterocycles. The monoisotopic (exact) mass is 207 g/mol. The van der Waals surface area contributed by atoms with Crippen molar-refractivity contribution in [3.63, 3.8) is 0 Å². The Balaban J connectivity index is 2.69. The molecule has 0 spiro atoms. The van der Waals surface area contributed by atoms with E-state index in [9.17, 15) is 9.18 Å². The highest BCUT2D eigenvalue weighted by molar-refractivity contribution is 6.02. The van der Waals surface area contributed by atoms with Gasteiger partial charge < -0.3 is 9.67 Å². The molecule has 0 aliphatic rings. The normalized spacial score (nSPS) is 10.7. The van der Waals surface area contributed by atoms with Gasteiger partial charge in [0.15, 0.2) is 0 Å². The molecule has 0 atom stereocenters. The first kappa shape index (κ1) is 9.71. The Morgan fingerprint density at radius 1 is 1.40 bits per heavy atom. The van der Waals surface area contributed by atoms with E-state index < -0.39 is 12.6 Å². The molecule has 1 aromatic carbocycles. The summed E-state index contributed by atoms with van der Waals surface area (Å²) in [5.41, 5.74) is 0.800. The first-order chi connectivity index (χ1) is 7.24. The maximum Gasteiger partial charge on any atom is 0.337 e. The predicted octanol–water partition coefficient (Wildman–Crippen LogP) is 2.31. The SMILES string of the molecule is O=C(O)c1cccc2ccn(CCF)c12. The molecule has 78 valence electrons. The highest BCUT2D eigenvalue weighted by Crippen LogP contribution is 2.20. The summed E-state index contributed by atoms with van der Waals surface area (Å²) >= 11 is 0. The molecule has 0 aliphatic carbocycles. The average molecular weight is 207 g/mol. The van der Waals surface area contributed by atoms with Gasteiger partial charge in [0.05, 0.1) is 17.6 Å². The third-order valence-electron chi connectivity index (χ3n) is 2.34. The molecule has 2 rings (SSSR count). The second-order valence-electron chi connectivity index (χ2n) is 3.25. The number of carbonyl (C=O) groups is 1. The fourth-order valence-electron chi connectivity index (χ4n) is 1.71. The molecule has 0 saturated heterocycles. The second kappa shape index (κ2) is 3.73. The molecular weight excluding hydrogens is 197 g/mol. The number of carboxylic acids is 1. The van der Waals surface area contributed by atoms with Crippen molar-refractivity contribution in [1.29, 1.82) is 0 Å². The van der Waals surface area contributed by atoms with Gasteiger partial charge in [-0.3, -0.25) is 0 Å². The van der Waals surface area contributed by atoms with Crippen molar-refractivity contribution in [2.24, 2.45) is 0 Å². The zero-order chi connectivity index (χ0) is 10.8. The number of aryl methyl sites for hydroxylation is 1. The van der Waals surface area contributed by atoms with Gasteiger partial charge >= 0.3 is 5.97 Å². The third-order valence-corrected chi connectivity index (χ3v) is 2.34. The molecule has 0 unspecified atom stereocenters. The Morgan fingerprint density at radius 2 is 2.20 bits per heavy atom. The van der Waals surface area contributed by atoms with Crippen molar-refractivity contribution in [1.82, 2.24) is 4.57 Å². The Bertz CT molecular complexity index is 504. The number of benzene rings is 1. The van der Waals surface area contributed by atoms with Gasteiger partial charge in [-0.05, 0) is 12.1 Å². The van der Waals surface area contributed by atoms with E-state index in [4.69, 9.17) is 5.11 Å². The van der Waals surface area contributed by atoms with Crippen LogP contribution in [-0.2, 0) is 6.54 Å². The predicted molar refractivity (Wildman–Crippen MR) is 54.9 cm³/mol. The Labute approximate surface area is 85.7 Å². The van der Waals surface area contributed by atoms with Gasteiger partial charge in [0.1, 0.15) is 6.67 Å². The van der Waals surface area contributed by atoms with E-state index >= 15 is 0 Å². The zero-order valence-electron chi connectivity index (χ0n) is 7.98. The lowest BCUT2D eigenvalue weighted by Gasteiger charge is -2.04. The van der Waals surface area contributed by atoms with Gasteiger partial charge in [-0.15, -0.1) is 0 Å². The van der Waals surface area contributed by atoms with Crippen molar-refractivity contribution in [3.8, 4) is 0 Å². The summed E-state index contributed by atoms with van der Waals surface area (Å²) in [7, 11) is 0. The largest absolute Gasteiger partial charge is 0.478 e. The number of alkyl halides is 1. The van der Waals surface area contributed by atoms with E-state index in [0.717, 1.165) is 5.39 Å². The van der Waals surface area contributed by atoms with Gasteiger partial charge in [0.25, 0.3) is 0 Å². The first-order valence-electron chi connectivity index (χ1n) is 4.61. The number of hydrogen-bond acceptors (Lipinski definition) is 1. The van der Waals surface area contributed by atoms with Crippen LogP contribution < -0.4 is 0 Å². The minimum absolute atomic E-state index is 0.188. The van der Waals surface area contributed by atoms with Crippen LogP contribution in [0.25, 0.3) is 10.9 Å². The first-order valence-corrected chi connectivity index (χ1v) is 4.61. The van der Waals surface area contributed by atoms with Crippen molar-refractivity contribution in [3.05, 3.63) is 36.0 Å². The van der Waals surface area contributed by atoms with Gasteiger partial charge in [-0.1, -0.05) is 12.1 Å². The minimum Gasteiger partial charge on any atom is -0.478 e. The molecule has 0 radical (unpaired) electrons. The van der Waals surface area contributed by atoms with Crippen LogP contribution in [0.5, 0.6) is 0 Å². The topological polar surface area (TPSA) is 42.2 Å². The van der Waals surface area contributed by atoms with Gasteiger partial charge in [-0.2, -0.15) is 0 Å². The number of aromatic nitrogens is 1. The van der Waals surface area contributed by atoms with E-state index in [1.165, 1.54) is 6.07 Å². The Morgan fingerprint density at radius 3 is 2.87 bits per heavy atom. The van der Waals surface area contributed by atoms with E-state index in [1.807, 2.05) is 6.07 Å². The van der Waals surface area contributed by atoms with E-state index in [0.29, 0.717) is 5.52 Å². The summed E-state index contributed by atoms with van der Waals surface area (Å²) < 4.78 is 13.9. The molecule has 15 heavy (non-hydrogen) atoms. The van der Waals surface area contributed by atoms with Crippen LogP contribution >= 0.6 is 0 Å². The lowest BCUT2D eigenvalue weighted by atomic mass is 10.1. The number of hydrogen-bond donors (Lipinski definition) is 1. The lowest BCUT2D eigenvalue weighted by Crippen LogP contribution is -2.03. The molecule has 1 N–H and O–H groups in total. The van der Waals surface area contributed by atoms with Crippen LogP contribution in [0, 0.1) is 0 Å². The van der Waals surface area contributed by atoms with Crippen molar-refractivity contribution in [2.75, 3.05) is 6.67 Å². The Kier molecular flexibility index (Phi) is 2.41. The van der Waals surface area contributed by atoms with Crippen molar-refractivity contribution >= 4 is 16.9 Å². The van der Waals surface area contributed by atoms with Crippen LogP contribution in [0.1, 0.15) is 10.4 Å². The summed E-state index contributed by atoms with van der Waals surface area (Å²) in [5.74, 6) is -0.987. The van der Waals surface area contributed by atoms with E-state index in [1.54, 1.807) is 22.9 Å². The van der Waals surface area contributed by atoms with Crippen LogP contribution in [-0.4, -0.2) is 22.3 Å². The molecule has 0 fully saturated rings. The van der Waals surface area contributed by atoms with Crippen molar-refractivity contribution < 1.29 is 14.3 Å². The highest BCUT2D eigenvalue weighted by atomic mass is 19.1. The molecule has 4 heteroatoms. The number of aromatic carboxylic acids is 1. The zero-order valence-corrected chi connectivity index (χ0v) is 7.98. The summed E-state index contributed by atoms with van der Waals surface area (Å²) in [6.45, 7) is -0.314. The fraction of sp³-hybridized carbons (Fsp3) is 0.182. The molecule has 2 aromatic rings. The third kappa shape index (κ3) is 1.58. The molecule has 0 bridgehead atoms. The molecular formula is C11H10FNO2. The maximum absolute atomic E-state index is 12.2. The van der Waals surface area contributed by atoms with Crippen LogP contribution in [0.15, 0.2) is 30.5 Å². The lowest BCUT2D eigenvalue weighted by molar-refractivity contribution is 0.0698. The number of para-hydroxylation sites is 1.